The molecule has 0 radical (unpaired) electrons. The zero-order valence-electron chi connectivity index (χ0n) is 35.7. The highest BCUT2D eigenvalue weighted by atomic mass is 15.2. The predicted octanol–water partition coefficient (Wildman–Crippen LogP) is 13.9. The highest BCUT2D eigenvalue weighted by molar-refractivity contribution is 5.98. The zero-order valence-corrected chi connectivity index (χ0v) is 35.7. The Bertz CT molecular complexity index is 4090. The molecule has 0 fully saturated rings. The van der Waals surface area contributed by atoms with Crippen molar-refractivity contribution in [2.24, 2.45) is 0 Å². The highest BCUT2D eigenvalue weighted by Crippen LogP contribution is 2.51. The topological polar surface area (TPSA) is 57.4 Å². The largest absolute Gasteiger partial charge is 0.278 e. The highest BCUT2D eigenvalue weighted by Gasteiger charge is 2.39. The SMILES string of the molecule is CC1(C)c2ncccc2-c2cccc(-n3c4ccc(-c5ccc6c(c5)n5c7ccccc7nc5n6-c5cccc(-c6ccc(-c7ccccc7)cc6)c5)cc4n4c5ccccc5nc34)c21. The maximum absolute atomic E-state index is 5.32. The van der Waals surface area contributed by atoms with Gasteiger partial charge in [-0.15, -0.1) is 0 Å². The van der Waals surface area contributed by atoms with E-state index in [2.05, 4.69) is 220 Å². The van der Waals surface area contributed by atoms with E-state index in [9.17, 15) is 0 Å². The van der Waals surface area contributed by atoms with E-state index in [1.54, 1.807) is 0 Å². The lowest BCUT2D eigenvalue weighted by Crippen LogP contribution is -2.19. The Morgan fingerprint density at radius 2 is 0.908 bits per heavy atom. The fourth-order valence-corrected chi connectivity index (χ4v) is 10.8. The molecule has 0 N–H and O–H groups in total. The Balaban J connectivity index is 0.947. The molecule has 0 amide bonds. The first-order valence-electron chi connectivity index (χ1n) is 22.2. The summed E-state index contributed by atoms with van der Waals surface area (Å²) in [6.07, 6.45) is 1.91. The van der Waals surface area contributed by atoms with Crippen LogP contribution in [0.25, 0.3) is 112 Å². The van der Waals surface area contributed by atoms with E-state index in [4.69, 9.17) is 15.0 Å². The first-order chi connectivity index (χ1) is 32.0. The average molecular weight is 834 g/mol. The third-order valence-corrected chi connectivity index (χ3v) is 13.8. The molecule has 14 rings (SSSR count). The van der Waals surface area contributed by atoms with Crippen molar-refractivity contribution in [2.45, 2.75) is 19.3 Å². The number of aromatic nitrogens is 7. The van der Waals surface area contributed by atoms with Crippen LogP contribution in [0, 0.1) is 0 Å². The van der Waals surface area contributed by atoms with Crippen LogP contribution in [0.1, 0.15) is 25.1 Å². The molecule has 0 saturated heterocycles. The molecular formula is C58H39N7. The zero-order chi connectivity index (χ0) is 43.0. The number of hydrogen-bond donors (Lipinski definition) is 0. The summed E-state index contributed by atoms with van der Waals surface area (Å²) in [6.45, 7) is 4.59. The molecule has 7 heteroatoms. The molecular weight excluding hydrogens is 795 g/mol. The average Bonchev–Trinajstić information content (AvgIpc) is 4.14. The van der Waals surface area contributed by atoms with Crippen LogP contribution in [0.4, 0.5) is 0 Å². The van der Waals surface area contributed by atoms with Crippen molar-refractivity contribution in [3.63, 3.8) is 0 Å². The molecule has 5 heterocycles. The number of benzene rings is 8. The number of pyridine rings is 1. The fraction of sp³-hybridized carbons (Fsp3) is 0.0517. The molecule has 0 unspecified atom stereocenters. The monoisotopic (exact) mass is 833 g/mol. The molecule has 0 atom stereocenters. The van der Waals surface area contributed by atoms with E-state index >= 15 is 0 Å². The van der Waals surface area contributed by atoms with Crippen LogP contribution in [0.3, 0.4) is 0 Å². The van der Waals surface area contributed by atoms with E-state index in [0.29, 0.717) is 0 Å². The van der Waals surface area contributed by atoms with Crippen molar-refractivity contribution >= 4 is 55.7 Å². The van der Waals surface area contributed by atoms with Gasteiger partial charge in [-0.2, -0.15) is 0 Å². The summed E-state index contributed by atoms with van der Waals surface area (Å²) < 4.78 is 9.32. The van der Waals surface area contributed by atoms with Gasteiger partial charge in [0.1, 0.15) is 0 Å². The molecule has 0 bridgehead atoms. The van der Waals surface area contributed by atoms with Gasteiger partial charge in [-0.25, -0.2) is 9.97 Å². The quantitative estimate of drug-likeness (QED) is 0.174. The number of para-hydroxylation sites is 4. The summed E-state index contributed by atoms with van der Waals surface area (Å²) >= 11 is 0. The summed E-state index contributed by atoms with van der Waals surface area (Å²) in [4.78, 5) is 15.5. The number of fused-ring (bicyclic) bond motifs is 13. The van der Waals surface area contributed by atoms with Crippen molar-refractivity contribution < 1.29 is 0 Å². The summed E-state index contributed by atoms with van der Waals surface area (Å²) in [5.41, 5.74) is 22.1. The van der Waals surface area contributed by atoms with Crippen molar-refractivity contribution in [1.82, 2.24) is 32.9 Å². The van der Waals surface area contributed by atoms with Gasteiger partial charge in [0, 0.05) is 22.9 Å². The number of nitrogens with zero attached hydrogens (tertiary/aromatic N) is 7. The molecule has 5 aromatic heterocycles. The van der Waals surface area contributed by atoms with E-state index in [1.807, 2.05) is 12.3 Å². The Hall–Kier alpha value is -8.55. The van der Waals surface area contributed by atoms with Crippen molar-refractivity contribution in [2.75, 3.05) is 0 Å². The van der Waals surface area contributed by atoms with Crippen LogP contribution in [0.15, 0.2) is 200 Å². The van der Waals surface area contributed by atoms with Gasteiger partial charge < -0.3 is 0 Å². The van der Waals surface area contributed by atoms with Crippen LogP contribution < -0.4 is 0 Å². The van der Waals surface area contributed by atoms with Crippen molar-refractivity contribution in [1.29, 1.82) is 0 Å². The van der Waals surface area contributed by atoms with Gasteiger partial charge >= 0.3 is 0 Å². The third-order valence-electron chi connectivity index (χ3n) is 13.8. The number of imidazole rings is 4. The first kappa shape index (κ1) is 36.0. The van der Waals surface area contributed by atoms with Gasteiger partial charge in [0.15, 0.2) is 0 Å². The van der Waals surface area contributed by atoms with Gasteiger partial charge in [-0.05, 0) is 117 Å². The Labute approximate surface area is 373 Å². The van der Waals surface area contributed by atoms with Crippen LogP contribution >= 0.6 is 0 Å². The molecule has 0 spiro atoms. The first-order valence-corrected chi connectivity index (χ1v) is 22.2. The molecule has 0 aliphatic heterocycles. The molecule has 1 aliphatic rings. The molecule has 306 valence electrons. The normalized spacial score (nSPS) is 13.2. The number of hydrogen-bond acceptors (Lipinski definition) is 3. The van der Waals surface area contributed by atoms with Crippen LogP contribution in [0.2, 0.25) is 0 Å². The van der Waals surface area contributed by atoms with Gasteiger partial charge in [-0.1, -0.05) is 135 Å². The van der Waals surface area contributed by atoms with Crippen LogP contribution in [-0.4, -0.2) is 32.9 Å². The summed E-state index contributed by atoms with van der Waals surface area (Å²) in [5.74, 6) is 1.77. The lowest BCUT2D eigenvalue weighted by molar-refractivity contribution is 0.633. The molecule has 1 aliphatic carbocycles. The van der Waals surface area contributed by atoms with E-state index in [0.717, 1.165) is 89.4 Å². The summed E-state index contributed by atoms with van der Waals surface area (Å²) in [6, 6.07) is 69.7. The smallest absolute Gasteiger partial charge is 0.220 e. The molecule has 7 nitrogen and oxygen atoms in total. The van der Waals surface area contributed by atoms with Gasteiger partial charge in [0.05, 0.1) is 55.5 Å². The van der Waals surface area contributed by atoms with Gasteiger partial charge in [0.2, 0.25) is 11.6 Å². The van der Waals surface area contributed by atoms with Crippen molar-refractivity contribution in [3.8, 4) is 55.9 Å². The lowest BCUT2D eigenvalue weighted by Gasteiger charge is -2.23. The second-order valence-corrected chi connectivity index (χ2v) is 17.8. The Kier molecular flexibility index (Phi) is 7.33. The van der Waals surface area contributed by atoms with Crippen LogP contribution in [-0.2, 0) is 5.41 Å². The Morgan fingerprint density at radius 1 is 0.385 bits per heavy atom. The molecule has 0 saturated carbocycles. The van der Waals surface area contributed by atoms with Crippen LogP contribution in [0.5, 0.6) is 0 Å². The molecule has 8 aromatic carbocycles. The second kappa shape index (κ2) is 13.2. The summed E-state index contributed by atoms with van der Waals surface area (Å²) in [5, 5.41) is 0. The standard InChI is InChI=1S/C58H39N7/c1-58(2)54-43(44-18-12-32-59-55(44)58)17-11-23-51(54)65-50-31-29-41(35-53(50)64-48-22-9-7-20-46(48)61-57(64)65)40-28-30-49-52(34-40)63-47-21-8-6-19-45(47)60-56(63)62(49)42-16-10-15-39(33-42)38-26-24-37(25-27-38)36-13-4-3-5-14-36/h3-35H,1-2H3. The molecule has 13 aromatic rings. The predicted molar refractivity (Wildman–Crippen MR) is 264 cm³/mol. The molecule has 65 heavy (non-hydrogen) atoms. The number of rotatable bonds is 5. The summed E-state index contributed by atoms with van der Waals surface area (Å²) in [7, 11) is 0. The maximum Gasteiger partial charge on any atom is 0.220 e. The van der Waals surface area contributed by atoms with Gasteiger partial charge in [-0.3, -0.25) is 22.9 Å². The second-order valence-electron chi connectivity index (χ2n) is 17.8. The lowest BCUT2D eigenvalue weighted by atomic mass is 9.84. The minimum Gasteiger partial charge on any atom is -0.278 e. The Morgan fingerprint density at radius 3 is 1.60 bits per heavy atom. The van der Waals surface area contributed by atoms with E-state index in [-0.39, 0.29) is 5.41 Å². The minimum atomic E-state index is -0.299. The third kappa shape index (κ3) is 5.09. The van der Waals surface area contributed by atoms with E-state index in [1.165, 1.54) is 33.4 Å². The van der Waals surface area contributed by atoms with Crippen molar-refractivity contribution in [3.05, 3.63) is 212 Å². The van der Waals surface area contributed by atoms with Gasteiger partial charge in [0.25, 0.3) is 0 Å². The fourth-order valence-electron chi connectivity index (χ4n) is 10.8. The van der Waals surface area contributed by atoms with E-state index < -0.39 is 0 Å². The maximum atomic E-state index is 5.32. The minimum absolute atomic E-state index is 0.299.